The molecular weight excluding hydrogens is 737 g/mol. The first-order chi connectivity index (χ1) is 29.0. The molecule has 0 spiro atoms. The summed E-state index contributed by atoms with van der Waals surface area (Å²) in [7, 11) is 0. The molecule has 2 aromatic heterocycles. The van der Waals surface area contributed by atoms with Crippen molar-refractivity contribution in [1.82, 2.24) is 24.5 Å². The van der Waals surface area contributed by atoms with Gasteiger partial charge in [0.2, 0.25) is 6.10 Å². The van der Waals surface area contributed by atoms with Crippen molar-refractivity contribution in [3.05, 3.63) is 192 Å². The zero-order valence-corrected chi connectivity index (χ0v) is 32.5. The fourth-order valence-corrected chi connectivity index (χ4v) is 8.14. The topological polar surface area (TPSA) is 113 Å². The number of carbonyl (C=O) groups excluding carboxylic acids is 2. The molecule has 6 aromatic carbocycles. The van der Waals surface area contributed by atoms with E-state index in [0.29, 0.717) is 23.7 Å². The third-order valence-electron chi connectivity index (χ3n) is 10.8. The standard InChI is InChI=1S/C49H42N6O4/c1-34(56)59-46(35-17-6-2-7-18-35)48(57)51-41-26-16-19-36(31-41)45-42-32-37(28-29-43(42)55(52-45)44-27-14-15-30-58-44)47-50-33-54(53-47)49(38-20-8-3-9-21-38,39-22-10-4-11-23-39)40-24-12-5-13-25-40/h2-13,16-26,28-29,31-33,44,46H,14-15,27,30H2,1H3,(H,51,57)/t44?,46-/m1/s1. The lowest BCUT2D eigenvalue weighted by Gasteiger charge is -2.35. The van der Waals surface area contributed by atoms with E-state index in [2.05, 4.69) is 90.2 Å². The van der Waals surface area contributed by atoms with Gasteiger partial charge in [0.15, 0.2) is 12.1 Å². The van der Waals surface area contributed by atoms with E-state index in [4.69, 9.17) is 24.7 Å². The number of aromatic nitrogens is 5. The Morgan fingerprint density at radius 1 is 0.729 bits per heavy atom. The zero-order chi connectivity index (χ0) is 40.2. The van der Waals surface area contributed by atoms with Crippen molar-refractivity contribution in [3.63, 3.8) is 0 Å². The first-order valence-corrected chi connectivity index (χ1v) is 19.9. The third-order valence-corrected chi connectivity index (χ3v) is 10.8. The molecule has 59 heavy (non-hydrogen) atoms. The van der Waals surface area contributed by atoms with Crippen LogP contribution in [0.1, 0.15) is 60.8 Å². The molecule has 10 nitrogen and oxygen atoms in total. The summed E-state index contributed by atoms with van der Waals surface area (Å²) < 4.78 is 15.7. The van der Waals surface area contributed by atoms with Gasteiger partial charge in [0.1, 0.15) is 17.6 Å². The van der Waals surface area contributed by atoms with Crippen molar-refractivity contribution in [2.24, 2.45) is 0 Å². The molecule has 0 aliphatic carbocycles. The van der Waals surface area contributed by atoms with Crippen molar-refractivity contribution >= 4 is 28.5 Å². The number of fused-ring (bicyclic) bond motifs is 1. The van der Waals surface area contributed by atoms with Crippen molar-refractivity contribution in [2.75, 3.05) is 11.9 Å². The third kappa shape index (κ3) is 7.30. The molecule has 1 N–H and O–H groups in total. The minimum Gasteiger partial charge on any atom is -0.447 e. The molecule has 8 aromatic rings. The fourth-order valence-electron chi connectivity index (χ4n) is 8.14. The molecule has 1 saturated heterocycles. The number of hydrogen-bond donors (Lipinski definition) is 1. The van der Waals surface area contributed by atoms with E-state index in [1.807, 2.05) is 64.2 Å². The maximum Gasteiger partial charge on any atom is 0.303 e. The lowest BCUT2D eigenvalue weighted by molar-refractivity contribution is -0.152. The molecule has 1 aliphatic heterocycles. The molecular formula is C49H42N6O4. The number of carbonyl (C=O) groups is 2. The second-order valence-corrected chi connectivity index (χ2v) is 14.6. The van der Waals surface area contributed by atoms with Crippen molar-refractivity contribution in [1.29, 1.82) is 0 Å². The van der Waals surface area contributed by atoms with Gasteiger partial charge in [-0.15, -0.1) is 5.10 Å². The summed E-state index contributed by atoms with van der Waals surface area (Å²) >= 11 is 0. The minimum absolute atomic E-state index is 0.218. The molecule has 10 heteroatoms. The number of nitrogens with one attached hydrogen (secondary N) is 1. The van der Waals surface area contributed by atoms with Crippen LogP contribution >= 0.6 is 0 Å². The molecule has 292 valence electrons. The first-order valence-electron chi connectivity index (χ1n) is 19.9. The zero-order valence-electron chi connectivity index (χ0n) is 32.5. The number of esters is 1. The number of hydrogen-bond acceptors (Lipinski definition) is 7. The fraction of sp³-hybridized carbons (Fsp3) is 0.163. The SMILES string of the molecule is CC(=O)O[C@@H](C(=O)Nc1cccc(-c2nn(C3CCCCO3)c3ccc(-c4ncn(C(c5ccccc5)(c5ccccc5)c5ccccc5)n4)cc23)c1)c1ccccc1. The normalized spacial score (nSPS) is 14.8. The molecule has 0 bridgehead atoms. The molecule has 2 atom stereocenters. The Morgan fingerprint density at radius 2 is 1.37 bits per heavy atom. The van der Waals surface area contributed by atoms with E-state index < -0.39 is 23.5 Å². The van der Waals surface area contributed by atoms with Gasteiger partial charge in [0, 0.05) is 41.3 Å². The predicted molar refractivity (Wildman–Crippen MR) is 227 cm³/mol. The summed E-state index contributed by atoms with van der Waals surface area (Å²) in [4.78, 5) is 30.6. The highest BCUT2D eigenvalue weighted by molar-refractivity contribution is 5.99. The van der Waals surface area contributed by atoms with E-state index >= 15 is 0 Å². The summed E-state index contributed by atoms with van der Waals surface area (Å²) in [5.41, 5.74) is 6.69. The van der Waals surface area contributed by atoms with Crippen LogP contribution in [0.25, 0.3) is 33.5 Å². The van der Waals surface area contributed by atoms with Gasteiger partial charge in [0.25, 0.3) is 5.91 Å². The predicted octanol–water partition coefficient (Wildman–Crippen LogP) is 9.74. The Hall–Kier alpha value is -7.17. The maximum atomic E-state index is 13.6. The summed E-state index contributed by atoms with van der Waals surface area (Å²) in [5, 5.41) is 14.3. The Bertz CT molecular complexity index is 2610. The largest absolute Gasteiger partial charge is 0.447 e. The summed E-state index contributed by atoms with van der Waals surface area (Å²) in [5.74, 6) is -0.452. The second kappa shape index (κ2) is 16.4. The summed E-state index contributed by atoms with van der Waals surface area (Å²) in [6.07, 6.45) is 3.38. The van der Waals surface area contributed by atoms with Gasteiger partial charge in [0.05, 0.1) is 5.52 Å². The first kappa shape index (κ1) is 37.4. The van der Waals surface area contributed by atoms with E-state index in [9.17, 15) is 9.59 Å². The van der Waals surface area contributed by atoms with Gasteiger partial charge in [-0.05, 0) is 66.3 Å². The van der Waals surface area contributed by atoms with Crippen LogP contribution in [-0.4, -0.2) is 43.0 Å². The van der Waals surface area contributed by atoms with Crippen molar-refractivity contribution in [3.8, 4) is 22.6 Å². The van der Waals surface area contributed by atoms with Crippen LogP contribution in [0.15, 0.2) is 170 Å². The lowest BCUT2D eigenvalue weighted by Crippen LogP contribution is -2.38. The Labute approximate surface area is 342 Å². The molecule has 0 radical (unpaired) electrons. The van der Waals surface area contributed by atoms with Crippen LogP contribution in [0.3, 0.4) is 0 Å². The van der Waals surface area contributed by atoms with Crippen LogP contribution in [-0.2, 0) is 24.6 Å². The summed E-state index contributed by atoms with van der Waals surface area (Å²) in [6.45, 7) is 1.96. The summed E-state index contributed by atoms with van der Waals surface area (Å²) in [6, 6.07) is 53.9. The lowest BCUT2D eigenvalue weighted by atomic mass is 9.77. The monoisotopic (exact) mass is 778 g/mol. The maximum absolute atomic E-state index is 13.6. The highest BCUT2D eigenvalue weighted by atomic mass is 16.5. The number of ether oxygens (including phenoxy) is 2. The van der Waals surface area contributed by atoms with E-state index in [1.165, 1.54) is 6.92 Å². The van der Waals surface area contributed by atoms with Crippen molar-refractivity contribution in [2.45, 2.75) is 44.1 Å². The second-order valence-electron chi connectivity index (χ2n) is 14.6. The molecule has 1 aliphatic rings. The van der Waals surface area contributed by atoms with Crippen LogP contribution in [0.4, 0.5) is 5.69 Å². The van der Waals surface area contributed by atoms with E-state index in [1.54, 1.807) is 30.3 Å². The Balaban J connectivity index is 1.14. The molecule has 1 unspecified atom stereocenters. The Kier molecular flexibility index (Phi) is 10.4. The number of rotatable bonds is 11. The molecule has 0 saturated carbocycles. The molecule has 3 heterocycles. The van der Waals surface area contributed by atoms with E-state index in [-0.39, 0.29) is 6.23 Å². The molecule has 1 fully saturated rings. The van der Waals surface area contributed by atoms with Gasteiger partial charge in [-0.25, -0.2) is 14.3 Å². The number of anilines is 1. The van der Waals surface area contributed by atoms with Gasteiger partial charge < -0.3 is 14.8 Å². The number of amides is 1. The average molecular weight is 779 g/mol. The number of benzene rings is 6. The smallest absolute Gasteiger partial charge is 0.303 e. The molecule has 1 amide bonds. The van der Waals surface area contributed by atoms with Gasteiger partial charge >= 0.3 is 5.97 Å². The van der Waals surface area contributed by atoms with Crippen molar-refractivity contribution < 1.29 is 19.1 Å². The molecule has 9 rings (SSSR count). The van der Waals surface area contributed by atoms with Crippen LogP contribution < -0.4 is 5.32 Å². The highest BCUT2D eigenvalue weighted by Gasteiger charge is 2.40. The van der Waals surface area contributed by atoms with Gasteiger partial charge in [-0.2, -0.15) is 5.10 Å². The average Bonchev–Trinajstić information content (AvgIpc) is 3.94. The highest BCUT2D eigenvalue weighted by Crippen LogP contribution is 2.41. The van der Waals surface area contributed by atoms with Crippen LogP contribution in [0.2, 0.25) is 0 Å². The Morgan fingerprint density at radius 3 is 1.98 bits per heavy atom. The quantitative estimate of drug-likeness (QED) is 0.103. The van der Waals surface area contributed by atoms with Gasteiger partial charge in [-0.1, -0.05) is 133 Å². The van der Waals surface area contributed by atoms with E-state index in [0.717, 1.165) is 63.7 Å². The minimum atomic E-state index is -1.11. The van der Waals surface area contributed by atoms with Crippen LogP contribution in [0, 0.1) is 0 Å². The number of nitrogens with zero attached hydrogens (tertiary/aromatic N) is 5. The van der Waals surface area contributed by atoms with Gasteiger partial charge in [-0.3, -0.25) is 9.59 Å². The van der Waals surface area contributed by atoms with Crippen LogP contribution in [0.5, 0.6) is 0 Å².